The molecule has 2 rings (SSSR count). The molecular formula is C8H6BrN3. The smallest absolute Gasteiger partial charge is 0.106 e. The van der Waals surface area contributed by atoms with Crippen molar-refractivity contribution < 1.29 is 0 Å². The number of aromatic nitrogens is 3. The number of aromatic amines is 1. The fourth-order valence-electron chi connectivity index (χ4n) is 0.945. The third-order valence-electron chi connectivity index (χ3n) is 1.52. The van der Waals surface area contributed by atoms with Crippen LogP contribution in [-0.4, -0.2) is 15.0 Å². The average Bonchev–Trinajstić information content (AvgIpc) is 2.58. The molecule has 2 aromatic rings. The molecule has 0 saturated heterocycles. The standard InChI is InChI=1S/C8H6BrN3/c9-8-2-1-6(3-11-8)7-4-10-5-12-7/h1-5H,(H,10,12). The van der Waals surface area contributed by atoms with Gasteiger partial charge < -0.3 is 4.98 Å². The van der Waals surface area contributed by atoms with Gasteiger partial charge in [-0.25, -0.2) is 9.97 Å². The highest BCUT2D eigenvalue weighted by Crippen LogP contribution is 2.16. The van der Waals surface area contributed by atoms with Gasteiger partial charge in [-0.05, 0) is 28.1 Å². The highest BCUT2D eigenvalue weighted by atomic mass is 79.9. The summed E-state index contributed by atoms with van der Waals surface area (Å²) in [7, 11) is 0. The minimum Gasteiger partial charge on any atom is -0.351 e. The van der Waals surface area contributed by atoms with Crippen LogP contribution in [0.5, 0.6) is 0 Å². The first-order chi connectivity index (χ1) is 5.86. The summed E-state index contributed by atoms with van der Waals surface area (Å²) in [6.45, 7) is 0. The van der Waals surface area contributed by atoms with Crippen molar-refractivity contribution in [2.45, 2.75) is 0 Å². The van der Waals surface area contributed by atoms with Crippen LogP contribution in [-0.2, 0) is 0 Å². The molecule has 2 aromatic heterocycles. The van der Waals surface area contributed by atoms with E-state index in [4.69, 9.17) is 0 Å². The van der Waals surface area contributed by atoms with Crippen LogP contribution in [0.25, 0.3) is 11.3 Å². The Morgan fingerprint density at radius 2 is 2.17 bits per heavy atom. The number of pyridine rings is 1. The van der Waals surface area contributed by atoms with Gasteiger partial charge in [0.2, 0.25) is 0 Å². The second-order valence-electron chi connectivity index (χ2n) is 2.32. The minimum absolute atomic E-state index is 0.835. The molecule has 0 aliphatic carbocycles. The summed E-state index contributed by atoms with van der Waals surface area (Å²) in [5, 5.41) is 0. The van der Waals surface area contributed by atoms with Gasteiger partial charge in [0, 0.05) is 18.0 Å². The molecule has 12 heavy (non-hydrogen) atoms. The number of H-pyrrole nitrogens is 1. The monoisotopic (exact) mass is 223 g/mol. The van der Waals surface area contributed by atoms with Crippen molar-refractivity contribution >= 4 is 15.9 Å². The lowest BCUT2D eigenvalue weighted by molar-refractivity contribution is 1.26. The zero-order valence-electron chi connectivity index (χ0n) is 6.16. The first-order valence-electron chi connectivity index (χ1n) is 3.47. The van der Waals surface area contributed by atoms with Crippen LogP contribution >= 0.6 is 15.9 Å². The molecule has 1 N–H and O–H groups in total. The van der Waals surface area contributed by atoms with Gasteiger partial charge in [-0.3, -0.25) is 0 Å². The van der Waals surface area contributed by atoms with Gasteiger partial charge in [0.15, 0.2) is 0 Å². The van der Waals surface area contributed by atoms with Crippen molar-refractivity contribution in [1.29, 1.82) is 0 Å². The van der Waals surface area contributed by atoms with Crippen LogP contribution < -0.4 is 0 Å². The molecule has 60 valence electrons. The molecule has 0 amide bonds. The van der Waals surface area contributed by atoms with Crippen LogP contribution in [0.15, 0.2) is 35.5 Å². The van der Waals surface area contributed by atoms with Crippen molar-refractivity contribution in [2.75, 3.05) is 0 Å². The molecule has 3 nitrogen and oxygen atoms in total. The van der Waals surface area contributed by atoms with E-state index in [1.165, 1.54) is 0 Å². The maximum atomic E-state index is 4.11. The van der Waals surface area contributed by atoms with E-state index in [-0.39, 0.29) is 0 Å². The predicted octanol–water partition coefficient (Wildman–Crippen LogP) is 2.23. The zero-order chi connectivity index (χ0) is 8.39. The van der Waals surface area contributed by atoms with Gasteiger partial charge in [0.05, 0.1) is 12.0 Å². The van der Waals surface area contributed by atoms with Crippen LogP contribution in [0.1, 0.15) is 0 Å². The van der Waals surface area contributed by atoms with Gasteiger partial charge >= 0.3 is 0 Å². The fourth-order valence-corrected chi connectivity index (χ4v) is 1.18. The Labute approximate surface area is 78.0 Å². The molecule has 2 heterocycles. The molecular weight excluding hydrogens is 218 g/mol. The molecule has 0 aliphatic heterocycles. The summed E-state index contributed by atoms with van der Waals surface area (Å²) in [5.41, 5.74) is 1.93. The normalized spacial score (nSPS) is 10.1. The highest BCUT2D eigenvalue weighted by Gasteiger charge is 1.98. The third kappa shape index (κ3) is 1.38. The van der Waals surface area contributed by atoms with E-state index in [1.807, 2.05) is 18.3 Å². The van der Waals surface area contributed by atoms with Crippen LogP contribution in [0, 0.1) is 0 Å². The number of rotatable bonds is 1. The van der Waals surface area contributed by atoms with Crippen molar-refractivity contribution in [3.05, 3.63) is 35.5 Å². The Morgan fingerprint density at radius 3 is 2.75 bits per heavy atom. The Bertz CT molecular complexity index is 352. The summed E-state index contributed by atoms with van der Waals surface area (Å²) < 4.78 is 0.835. The van der Waals surface area contributed by atoms with E-state index >= 15 is 0 Å². The molecule has 4 heteroatoms. The van der Waals surface area contributed by atoms with E-state index in [0.29, 0.717) is 0 Å². The predicted molar refractivity (Wildman–Crippen MR) is 49.5 cm³/mol. The van der Waals surface area contributed by atoms with Gasteiger partial charge in [-0.15, -0.1) is 0 Å². The van der Waals surface area contributed by atoms with Crippen molar-refractivity contribution in [3.8, 4) is 11.3 Å². The van der Waals surface area contributed by atoms with E-state index in [0.717, 1.165) is 15.9 Å². The number of nitrogens with one attached hydrogen (secondary N) is 1. The van der Waals surface area contributed by atoms with Crippen molar-refractivity contribution in [3.63, 3.8) is 0 Å². The number of imidazole rings is 1. The second kappa shape index (κ2) is 3.06. The lowest BCUT2D eigenvalue weighted by Crippen LogP contribution is -1.79. The Kier molecular flexibility index (Phi) is 1.91. The van der Waals surface area contributed by atoms with Crippen LogP contribution in [0.3, 0.4) is 0 Å². The SMILES string of the molecule is Brc1ccc(-c2c[nH]cn2)cn1. The zero-order valence-corrected chi connectivity index (χ0v) is 7.75. The fraction of sp³-hybridized carbons (Fsp3) is 0. The first-order valence-corrected chi connectivity index (χ1v) is 4.26. The lowest BCUT2D eigenvalue weighted by atomic mass is 10.2. The lowest BCUT2D eigenvalue weighted by Gasteiger charge is -1.94. The van der Waals surface area contributed by atoms with Gasteiger partial charge in [0.25, 0.3) is 0 Å². The first kappa shape index (κ1) is 7.49. The van der Waals surface area contributed by atoms with Gasteiger partial charge in [0.1, 0.15) is 4.60 Å². The largest absolute Gasteiger partial charge is 0.351 e. The van der Waals surface area contributed by atoms with Crippen molar-refractivity contribution in [2.24, 2.45) is 0 Å². The van der Waals surface area contributed by atoms with Crippen molar-refractivity contribution in [1.82, 2.24) is 15.0 Å². The second-order valence-corrected chi connectivity index (χ2v) is 3.14. The summed E-state index contributed by atoms with van der Waals surface area (Å²) in [6, 6.07) is 3.86. The molecule has 0 bridgehead atoms. The Balaban J connectivity index is 2.43. The van der Waals surface area contributed by atoms with Gasteiger partial charge in [-0.1, -0.05) is 0 Å². The topological polar surface area (TPSA) is 41.6 Å². The summed E-state index contributed by atoms with van der Waals surface area (Å²) >= 11 is 3.27. The highest BCUT2D eigenvalue weighted by molar-refractivity contribution is 9.10. The number of halogens is 1. The molecule has 0 fully saturated rings. The maximum absolute atomic E-state index is 4.11. The van der Waals surface area contributed by atoms with E-state index in [9.17, 15) is 0 Å². The Hall–Kier alpha value is -1.16. The third-order valence-corrected chi connectivity index (χ3v) is 1.99. The number of nitrogens with zero attached hydrogens (tertiary/aromatic N) is 2. The number of hydrogen-bond acceptors (Lipinski definition) is 2. The van der Waals surface area contributed by atoms with E-state index in [1.54, 1.807) is 12.5 Å². The van der Waals surface area contributed by atoms with Gasteiger partial charge in [-0.2, -0.15) is 0 Å². The maximum Gasteiger partial charge on any atom is 0.106 e. The quantitative estimate of drug-likeness (QED) is 0.754. The van der Waals surface area contributed by atoms with Crippen LogP contribution in [0.4, 0.5) is 0 Å². The molecule has 0 aliphatic rings. The molecule has 0 radical (unpaired) electrons. The van der Waals surface area contributed by atoms with E-state index < -0.39 is 0 Å². The summed E-state index contributed by atoms with van der Waals surface area (Å²) in [5.74, 6) is 0. The summed E-state index contributed by atoms with van der Waals surface area (Å²) in [4.78, 5) is 11.1. The number of hydrogen-bond donors (Lipinski definition) is 1. The molecule has 0 unspecified atom stereocenters. The Morgan fingerprint density at radius 1 is 1.25 bits per heavy atom. The average molecular weight is 224 g/mol. The molecule has 0 atom stereocenters. The van der Waals surface area contributed by atoms with Crippen LogP contribution in [0.2, 0.25) is 0 Å². The van der Waals surface area contributed by atoms with E-state index in [2.05, 4.69) is 30.9 Å². The molecule has 0 spiro atoms. The molecule has 0 saturated carbocycles. The minimum atomic E-state index is 0.835. The molecule has 0 aromatic carbocycles. The summed E-state index contributed by atoms with van der Waals surface area (Å²) in [6.07, 6.45) is 5.27.